The minimum absolute atomic E-state index is 0.0584. The fourth-order valence-electron chi connectivity index (χ4n) is 6.31. The maximum absolute atomic E-state index is 14.2. The highest BCUT2D eigenvalue weighted by molar-refractivity contribution is 5.99. The maximum Gasteiger partial charge on any atom is 0.229 e. The first kappa shape index (κ1) is 27.1. The summed E-state index contributed by atoms with van der Waals surface area (Å²) in [6.45, 7) is 8.15. The zero-order valence-corrected chi connectivity index (χ0v) is 23.7. The van der Waals surface area contributed by atoms with Gasteiger partial charge in [0, 0.05) is 56.3 Å². The monoisotopic (exact) mass is 558 g/mol. The van der Waals surface area contributed by atoms with Crippen molar-refractivity contribution in [3.8, 4) is 11.5 Å². The average molecular weight is 559 g/mol. The number of carbonyl (C=O) groups excluding carboxylic acids is 2. The third-order valence-corrected chi connectivity index (χ3v) is 8.45. The number of amides is 2. The standard InChI is InChI=1S/C31H35FN6O3/c1-20(2)30(40)36(3)25-14-23(32)6-7-26(25)41-27-15-33-19-34-29(27)38-11-9-31(18-38)8-10-37(17-31)16-21-4-5-22-13-28(39)35-24(22)12-21/h4-7,12,14-15,19-20H,8-11,13,16-18H2,1-3H3,(H,35,39). The van der Waals surface area contributed by atoms with Crippen LogP contribution < -0.4 is 19.9 Å². The van der Waals surface area contributed by atoms with E-state index in [1.165, 1.54) is 35.0 Å². The highest BCUT2D eigenvalue weighted by atomic mass is 19.1. The summed E-state index contributed by atoms with van der Waals surface area (Å²) in [5, 5.41) is 2.95. The van der Waals surface area contributed by atoms with E-state index in [4.69, 9.17) is 4.74 Å². The van der Waals surface area contributed by atoms with Crippen molar-refractivity contribution in [2.45, 2.75) is 39.7 Å². The molecule has 6 rings (SSSR count). The number of likely N-dealkylation sites (tertiary alicyclic amines) is 1. The minimum atomic E-state index is -0.447. The van der Waals surface area contributed by atoms with Gasteiger partial charge in [0.15, 0.2) is 17.3 Å². The van der Waals surface area contributed by atoms with E-state index in [0.717, 1.165) is 56.8 Å². The molecule has 2 fully saturated rings. The Hall–Kier alpha value is -4.05. The molecule has 214 valence electrons. The SMILES string of the molecule is CC(C)C(=O)N(C)c1cc(F)ccc1Oc1cncnc1N1CCC2(CCN(Cc3ccc4c(c3)NC(=O)C4)C2)C1. The number of aromatic nitrogens is 2. The zero-order valence-electron chi connectivity index (χ0n) is 23.7. The molecule has 41 heavy (non-hydrogen) atoms. The van der Waals surface area contributed by atoms with Gasteiger partial charge in [0.1, 0.15) is 12.1 Å². The molecule has 2 aromatic carbocycles. The van der Waals surface area contributed by atoms with Gasteiger partial charge in [-0.15, -0.1) is 0 Å². The predicted octanol–water partition coefficient (Wildman–Crippen LogP) is 4.62. The lowest BCUT2D eigenvalue weighted by Gasteiger charge is -2.26. The van der Waals surface area contributed by atoms with Crippen molar-refractivity contribution < 1.29 is 18.7 Å². The Labute approximate surface area is 239 Å². The normalized spacial score (nSPS) is 20.1. The number of carbonyl (C=O) groups is 2. The van der Waals surface area contributed by atoms with Crippen LogP contribution in [0.5, 0.6) is 11.5 Å². The Morgan fingerprint density at radius 2 is 1.98 bits per heavy atom. The van der Waals surface area contributed by atoms with Gasteiger partial charge in [-0.2, -0.15) is 0 Å². The van der Waals surface area contributed by atoms with Crippen LogP contribution in [-0.4, -0.2) is 59.9 Å². The average Bonchev–Trinajstić information content (AvgIpc) is 3.66. The number of hydrogen-bond acceptors (Lipinski definition) is 7. The van der Waals surface area contributed by atoms with Crippen LogP contribution in [0.1, 0.15) is 37.8 Å². The Morgan fingerprint density at radius 1 is 1.15 bits per heavy atom. The summed E-state index contributed by atoms with van der Waals surface area (Å²) in [5.74, 6) is 0.755. The summed E-state index contributed by atoms with van der Waals surface area (Å²) in [6, 6.07) is 10.5. The number of benzene rings is 2. The highest BCUT2D eigenvalue weighted by Gasteiger charge is 2.44. The topological polar surface area (TPSA) is 90.9 Å². The van der Waals surface area contributed by atoms with Crippen LogP contribution in [0.2, 0.25) is 0 Å². The number of ether oxygens (including phenoxy) is 1. The molecule has 1 atom stereocenters. The molecule has 10 heteroatoms. The molecule has 1 N–H and O–H groups in total. The van der Waals surface area contributed by atoms with Crippen molar-refractivity contribution in [2.24, 2.45) is 11.3 Å². The van der Waals surface area contributed by atoms with Crippen molar-refractivity contribution in [1.29, 1.82) is 0 Å². The number of halogens is 1. The lowest BCUT2D eigenvalue weighted by Crippen LogP contribution is -2.31. The molecular formula is C31H35FN6O3. The lowest BCUT2D eigenvalue weighted by molar-refractivity contribution is -0.121. The number of hydrogen-bond donors (Lipinski definition) is 1. The Bertz CT molecular complexity index is 1500. The molecule has 3 aliphatic rings. The molecule has 1 spiro atoms. The molecule has 1 unspecified atom stereocenters. The van der Waals surface area contributed by atoms with Crippen LogP contribution >= 0.6 is 0 Å². The number of nitrogens with one attached hydrogen (secondary N) is 1. The minimum Gasteiger partial charge on any atom is -0.450 e. The van der Waals surface area contributed by atoms with E-state index in [-0.39, 0.29) is 23.1 Å². The summed E-state index contributed by atoms with van der Waals surface area (Å²) in [7, 11) is 1.63. The fourth-order valence-corrected chi connectivity index (χ4v) is 6.31. The molecule has 3 aliphatic heterocycles. The van der Waals surface area contributed by atoms with Crippen molar-refractivity contribution in [2.75, 3.05) is 48.3 Å². The third-order valence-electron chi connectivity index (χ3n) is 8.45. The number of rotatable bonds is 7. The van der Waals surface area contributed by atoms with Crippen LogP contribution in [0.25, 0.3) is 0 Å². The van der Waals surface area contributed by atoms with E-state index in [1.54, 1.807) is 27.1 Å². The molecule has 3 aromatic rings. The summed E-state index contributed by atoms with van der Waals surface area (Å²) < 4.78 is 20.5. The largest absolute Gasteiger partial charge is 0.450 e. The first-order valence-electron chi connectivity index (χ1n) is 14.1. The van der Waals surface area contributed by atoms with Crippen LogP contribution in [-0.2, 0) is 22.6 Å². The first-order valence-corrected chi connectivity index (χ1v) is 14.1. The van der Waals surface area contributed by atoms with Gasteiger partial charge >= 0.3 is 0 Å². The van der Waals surface area contributed by atoms with Gasteiger partial charge in [0.2, 0.25) is 11.8 Å². The smallest absolute Gasteiger partial charge is 0.229 e. The van der Waals surface area contributed by atoms with Gasteiger partial charge < -0.3 is 19.9 Å². The number of anilines is 3. The Morgan fingerprint density at radius 3 is 2.80 bits per heavy atom. The first-order chi connectivity index (χ1) is 19.7. The van der Waals surface area contributed by atoms with Gasteiger partial charge in [-0.3, -0.25) is 14.5 Å². The Kier molecular flexibility index (Phi) is 7.11. The second kappa shape index (κ2) is 10.7. The van der Waals surface area contributed by atoms with E-state index >= 15 is 0 Å². The molecule has 2 amide bonds. The highest BCUT2D eigenvalue weighted by Crippen LogP contribution is 2.44. The van der Waals surface area contributed by atoms with Crippen molar-refractivity contribution in [3.05, 3.63) is 65.9 Å². The number of nitrogens with zero attached hydrogens (tertiary/aromatic N) is 5. The summed E-state index contributed by atoms with van der Waals surface area (Å²) in [5.41, 5.74) is 3.72. The van der Waals surface area contributed by atoms with Gasteiger partial charge in [0.05, 0.1) is 18.3 Å². The van der Waals surface area contributed by atoms with Gasteiger partial charge in [-0.1, -0.05) is 26.0 Å². The summed E-state index contributed by atoms with van der Waals surface area (Å²) in [4.78, 5) is 39.4. The van der Waals surface area contributed by atoms with Crippen molar-refractivity contribution >= 4 is 29.0 Å². The molecule has 0 aliphatic carbocycles. The zero-order chi connectivity index (χ0) is 28.7. The quantitative estimate of drug-likeness (QED) is 0.452. The fraction of sp³-hybridized carbons (Fsp3) is 0.419. The molecule has 9 nitrogen and oxygen atoms in total. The molecule has 0 radical (unpaired) electrons. The van der Waals surface area contributed by atoms with Crippen molar-refractivity contribution in [3.63, 3.8) is 0 Å². The van der Waals surface area contributed by atoms with Crippen LogP contribution in [0.15, 0.2) is 48.9 Å². The second-order valence-electron chi connectivity index (χ2n) is 11.8. The van der Waals surface area contributed by atoms with Crippen LogP contribution in [0.4, 0.5) is 21.6 Å². The maximum atomic E-state index is 14.2. The summed E-state index contributed by atoms with van der Waals surface area (Å²) >= 11 is 0. The lowest BCUT2D eigenvalue weighted by atomic mass is 9.86. The number of fused-ring (bicyclic) bond motifs is 1. The predicted molar refractivity (Wildman–Crippen MR) is 155 cm³/mol. The molecule has 0 saturated carbocycles. The second-order valence-corrected chi connectivity index (χ2v) is 11.8. The van der Waals surface area contributed by atoms with Crippen molar-refractivity contribution in [1.82, 2.24) is 14.9 Å². The molecule has 2 saturated heterocycles. The van der Waals surface area contributed by atoms with Crippen LogP contribution in [0, 0.1) is 17.2 Å². The van der Waals surface area contributed by atoms with Gasteiger partial charge in [0.25, 0.3) is 0 Å². The summed E-state index contributed by atoms with van der Waals surface area (Å²) in [6.07, 6.45) is 5.73. The molecule has 4 heterocycles. The third kappa shape index (κ3) is 5.48. The van der Waals surface area contributed by atoms with E-state index < -0.39 is 5.82 Å². The van der Waals surface area contributed by atoms with E-state index in [2.05, 4.69) is 43.3 Å². The van der Waals surface area contributed by atoms with E-state index in [9.17, 15) is 14.0 Å². The Balaban J connectivity index is 1.16. The van der Waals surface area contributed by atoms with Gasteiger partial charge in [-0.25, -0.2) is 14.4 Å². The molecular weight excluding hydrogens is 523 g/mol. The van der Waals surface area contributed by atoms with Gasteiger partial charge in [-0.05, 0) is 48.7 Å². The van der Waals surface area contributed by atoms with Crippen LogP contribution in [0.3, 0.4) is 0 Å². The molecule has 1 aromatic heterocycles. The molecule has 0 bridgehead atoms. The van der Waals surface area contributed by atoms with E-state index in [0.29, 0.717) is 29.4 Å². The van der Waals surface area contributed by atoms with E-state index in [1.807, 2.05) is 0 Å².